The van der Waals surface area contributed by atoms with E-state index in [1.54, 1.807) is 7.11 Å². The van der Waals surface area contributed by atoms with E-state index in [2.05, 4.69) is 39.5 Å². The minimum atomic E-state index is 0.00332. The first-order chi connectivity index (χ1) is 14.2. The lowest BCUT2D eigenvalue weighted by Gasteiger charge is -2.36. The second-order valence-corrected chi connectivity index (χ2v) is 7.16. The molecular formula is C23H26N4O2. The minimum Gasteiger partial charge on any atom is -0.497 e. The van der Waals surface area contributed by atoms with E-state index in [-0.39, 0.29) is 6.03 Å². The molecule has 0 unspecified atom stereocenters. The zero-order valence-corrected chi connectivity index (χ0v) is 16.7. The summed E-state index contributed by atoms with van der Waals surface area (Å²) in [7, 11) is 1.66. The normalized spacial score (nSPS) is 14.1. The molecule has 1 fully saturated rings. The lowest BCUT2D eigenvalue weighted by Crippen LogP contribution is -2.52. The SMILES string of the molecule is COc1cccc(CCNC(=O)N2CCN(c3cccc4cccnc34)CC2)c1. The van der Waals surface area contributed by atoms with Crippen molar-refractivity contribution in [2.24, 2.45) is 0 Å². The number of nitrogens with one attached hydrogen (secondary N) is 1. The molecule has 0 bridgehead atoms. The average molecular weight is 390 g/mol. The molecule has 6 heteroatoms. The lowest BCUT2D eigenvalue weighted by atomic mass is 10.1. The van der Waals surface area contributed by atoms with Crippen molar-refractivity contribution in [2.45, 2.75) is 6.42 Å². The van der Waals surface area contributed by atoms with Gasteiger partial charge in [0.15, 0.2) is 0 Å². The summed E-state index contributed by atoms with van der Waals surface area (Å²) in [5.74, 6) is 0.841. The molecule has 1 aromatic heterocycles. The Morgan fingerprint density at radius 3 is 2.69 bits per heavy atom. The first-order valence-electron chi connectivity index (χ1n) is 9.99. The number of carbonyl (C=O) groups excluding carboxylic acids is 1. The predicted molar refractivity (Wildman–Crippen MR) is 116 cm³/mol. The van der Waals surface area contributed by atoms with Crippen molar-refractivity contribution in [3.8, 4) is 5.75 Å². The van der Waals surface area contributed by atoms with Gasteiger partial charge in [0, 0.05) is 44.3 Å². The number of piperazine rings is 1. The number of hydrogen-bond acceptors (Lipinski definition) is 4. The van der Waals surface area contributed by atoms with Crippen LogP contribution in [0.5, 0.6) is 5.75 Å². The molecule has 2 heterocycles. The molecular weight excluding hydrogens is 364 g/mol. The van der Waals surface area contributed by atoms with Gasteiger partial charge >= 0.3 is 6.03 Å². The lowest BCUT2D eigenvalue weighted by molar-refractivity contribution is 0.194. The Balaban J connectivity index is 1.29. The average Bonchev–Trinajstić information content (AvgIpc) is 2.79. The summed E-state index contributed by atoms with van der Waals surface area (Å²) < 4.78 is 5.25. The van der Waals surface area contributed by atoms with Gasteiger partial charge in [0.2, 0.25) is 0 Å². The fourth-order valence-electron chi connectivity index (χ4n) is 3.75. The molecule has 4 rings (SSSR count). The second kappa shape index (κ2) is 8.82. The Bertz CT molecular complexity index is 978. The van der Waals surface area contributed by atoms with Crippen molar-refractivity contribution in [1.82, 2.24) is 15.2 Å². The number of methoxy groups -OCH3 is 1. The Morgan fingerprint density at radius 2 is 1.86 bits per heavy atom. The van der Waals surface area contributed by atoms with Crippen LogP contribution in [0.15, 0.2) is 60.8 Å². The molecule has 150 valence electrons. The van der Waals surface area contributed by atoms with Crippen LogP contribution >= 0.6 is 0 Å². The Labute approximate surface area is 171 Å². The number of rotatable bonds is 5. The Hall–Kier alpha value is -3.28. The predicted octanol–water partition coefficient (Wildman–Crippen LogP) is 3.32. The van der Waals surface area contributed by atoms with Crippen LogP contribution in [-0.2, 0) is 6.42 Å². The van der Waals surface area contributed by atoms with Gasteiger partial charge in [-0.05, 0) is 36.2 Å². The van der Waals surface area contributed by atoms with Crippen LogP contribution in [0.2, 0.25) is 0 Å². The maximum Gasteiger partial charge on any atom is 0.317 e. The minimum absolute atomic E-state index is 0.00332. The Kier molecular flexibility index (Phi) is 5.79. The van der Waals surface area contributed by atoms with E-state index in [9.17, 15) is 4.79 Å². The van der Waals surface area contributed by atoms with Gasteiger partial charge in [-0.15, -0.1) is 0 Å². The van der Waals surface area contributed by atoms with Crippen LogP contribution in [0.4, 0.5) is 10.5 Å². The fraction of sp³-hybridized carbons (Fsp3) is 0.304. The van der Waals surface area contributed by atoms with E-state index in [1.165, 1.54) is 0 Å². The second-order valence-electron chi connectivity index (χ2n) is 7.16. The zero-order valence-electron chi connectivity index (χ0n) is 16.7. The molecule has 1 aliphatic rings. The third-order valence-corrected chi connectivity index (χ3v) is 5.34. The van der Waals surface area contributed by atoms with Crippen molar-refractivity contribution in [2.75, 3.05) is 44.7 Å². The van der Waals surface area contributed by atoms with Gasteiger partial charge in [-0.2, -0.15) is 0 Å². The molecule has 0 spiro atoms. The molecule has 2 aromatic carbocycles. The van der Waals surface area contributed by atoms with Gasteiger partial charge in [0.05, 0.1) is 18.3 Å². The topological polar surface area (TPSA) is 57.7 Å². The van der Waals surface area contributed by atoms with Crippen molar-refractivity contribution in [1.29, 1.82) is 0 Å². The smallest absolute Gasteiger partial charge is 0.317 e. The fourth-order valence-corrected chi connectivity index (χ4v) is 3.75. The van der Waals surface area contributed by atoms with E-state index < -0.39 is 0 Å². The molecule has 0 saturated carbocycles. The standard InChI is InChI=1S/C23H26N4O2/c1-29-20-8-2-5-18(17-20)10-12-25-23(28)27-15-13-26(14-16-27)21-9-3-6-19-7-4-11-24-22(19)21/h2-9,11,17H,10,12-16H2,1H3,(H,25,28). The number of carbonyl (C=O) groups is 1. The van der Waals surface area contributed by atoms with Crippen LogP contribution in [0.1, 0.15) is 5.56 Å². The number of nitrogens with zero attached hydrogens (tertiary/aromatic N) is 3. The number of anilines is 1. The van der Waals surface area contributed by atoms with Crippen molar-refractivity contribution in [3.63, 3.8) is 0 Å². The van der Waals surface area contributed by atoms with Gasteiger partial charge in [-0.1, -0.05) is 30.3 Å². The summed E-state index contributed by atoms with van der Waals surface area (Å²) in [5.41, 5.74) is 3.31. The highest BCUT2D eigenvalue weighted by Gasteiger charge is 2.22. The third-order valence-electron chi connectivity index (χ3n) is 5.34. The van der Waals surface area contributed by atoms with Crippen LogP contribution in [-0.4, -0.2) is 55.7 Å². The molecule has 0 atom stereocenters. The van der Waals surface area contributed by atoms with Crippen LogP contribution < -0.4 is 15.0 Å². The summed E-state index contributed by atoms with van der Waals surface area (Å²) in [5, 5.41) is 4.18. The molecule has 3 aromatic rings. The molecule has 6 nitrogen and oxygen atoms in total. The number of aromatic nitrogens is 1. The maximum absolute atomic E-state index is 12.5. The monoisotopic (exact) mass is 390 g/mol. The summed E-state index contributed by atoms with van der Waals surface area (Å²) in [6, 6.07) is 18.2. The number of para-hydroxylation sites is 1. The summed E-state index contributed by atoms with van der Waals surface area (Å²) in [6.45, 7) is 3.62. The highest BCUT2D eigenvalue weighted by molar-refractivity contribution is 5.90. The van der Waals surface area contributed by atoms with Crippen molar-refractivity contribution >= 4 is 22.6 Å². The van der Waals surface area contributed by atoms with Gasteiger partial charge in [-0.25, -0.2) is 4.79 Å². The van der Waals surface area contributed by atoms with E-state index in [0.29, 0.717) is 19.6 Å². The molecule has 1 N–H and O–H groups in total. The zero-order chi connectivity index (χ0) is 20.1. The number of hydrogen-bond donors (Lipinski definition) is 1. The highest BCUT2D eigenvalue weighted by atomic mass is 16.5. The molecule has 1 saturated heterocycles. The first-order valence-corrected chi connectivity index (χ1v) is 9.99. The summed E-state index contributed by atoms with van der Waals surface area (Å²) in [4.78, 5) is 21.3. The maximum atomic E-state index is 12.5. The summed E-state index contributed by atoms with van der Waals surface area (Å²) in [6.07, 6.45) is 2.61. The molecule has 1 aliphatic heterocycles. The number of pyridine rings is 1. The summed E-state index contributed by atoms with van der Waals surface area (Å²) >= 11 is 0. The largest absolute Gasteiger partial charge is 0.497 e. The number of fused-ring (bicyclic) bond motifs is 1. The van der Waals surface area contributed by atoms with E-state index in [4.69, 9.17) is 4.74 Å². The van der Waals surface area contributed by atoms with Crippen molar-refractivity contribution in [3.05, 3.63) is 66.4 Å². The third kappa shape index (κ3) is 4.42. The van der Waals surface area contributed by atoms with Crippen LogP contribution in [0.25, 0.3) is 10.9 Å². The highest BCUT2D eigenvalue weighted by Crippen LogP contribution is 2.25. The number of amides is 2. The Morgan fingerprint density at radius 1 is 1.07 bits per heavy atom. The van der Waals surface area contributed by atoms with E-state index in [1.807, 2.05) is 41.4 Å². The van der Waals surface area contributed by atoms with Gasteiger partial charge in [0.1, 0.15) is 5.75 Å². The first kappa shape index (κ1) is 19.1. The van der Waals surface area contributed by atoms with Gasteiger partial charge < -0.3 is 19.9 Å². The van der Waals surface area contributed by atoms with Crippen molar-refractivity contribution < 1.29 is 9.53 Å². The molecule has 2 amide bonds. The quantitative estimate of drug-likeness (QED) is 0.726. The molecule has 29 heavy (non-hydrogen) atoms. The van der Waals surface area contributed by atoms with Gasteiger partial charge in [0.25, 0.3) is 0 Å². The van der Waals surface area contributed by atoms with Crippen LogP contribution in [0, 0.1) is 0 Å². The molecule has 0 radical (unpaired) electrons. The number of ether oxygens (including phenoxy) is 1. The number of benzene rings is 2. The van der Waals surface area contributed by atoms with Gasteiger partial charge in [-0.3, -0.25) is 4.98 Å². The van der Waals surface area contributed by atoms with Crippen LogP contribution in [0.3, 0.4) is 0 Å². The number of urea groups is 1. The van der Waals surface area contributed by atoms with E-state index >= 15 is 0 Å². The molecule has 0 aliphatic carbocycles. The van der Waals surface area contributed by atoms with E-state index in [0.717, 1.165) is 47.4 Å².